The van der Waals surface area contributed by atoms with Crippen molar-refractivity contribution in [1.29, 1.82) is 0 Å². The summed E-state index contributed by atoms with van der Waals surface area (Å²) in [7, 11) is 1.97. The molecule has 0 aliphatic rings. The van der Waals surface area contributed by atoms with Crippen LogP contribution in [0.5, 0.6) is 0 Å². The number of rotatable bonds is 6. The summed E-state index contributed by atoms with van der Waals surface area (Å²) in [5.74, 6) is 0. The number of nitrogens with zero attached hydrogens (tertiary/aromatic N) is 1. The molecule has 2 N–H and O–H groups in total. The lowest BCUT2D eigenvalue weighted by molar-refractivity contribution is 0.304. The third-order valence-electron chi connectivity index (χ3n) is 2.59. The van der Waals surface area contributed by atoms with Gasteiger partial charge in [-0.25, -0.2) is 0 Å². The Balaban J connectivity index is 2.87. The van der Waals surface area contributed by atoms with Crippen LogP contribution in [-0.2, 0) is 6.54 Å². The topological polar surface area (TPSA) is 35.5 Å². The van der Waals surface area contributed by atoms with Crippen molar-refractivity contribution in [1.82, 2.24) is 5.32 Å². The van der Waals surface area contributed by atoms with Gasteiger partial charge in [0, 0.05) is 36.9 Å². The Kier molecular flexibility index (Phi) is 5.75. The first-order valence-corrected chi connectivity index (χ1v) is 6.26. The monoisotopic (exact) mass is 256 g/mol. The Bertz CT molecular complexity index is 355. The lowest BCUT2D eigenvalue weighted by Gasteiger charge is -2.22. The van der Waals surface area contributed by atoms with Crippen molar-refractivity contribution in [3.8, 4) is 0 Å². The van der Waals surface area contributed by atoms with Gasteiger partial charge in [0.15, 0.2) is 0 Å². The van der Waals surface area contributed by atoms with Crippen LogP contribution in [0.15, 0.2) is 18.2 Å². The van der Waals surface area contributed by atoms with Crippen LogP contribution in [0.3, 0.4) is 0 Å². The van der Waals surface area contributed by atoms with E-state index in [0.29, 0.717) is 12.6 Å². The van der Waals surface area contributed by atoms with Crippen molar-refractivity contribution in [2.45, 2.75) is 26.4 Å². The average molecular weight is 257 g/mol. The van der Waals surface area contributed by atoms with Crippen LogP contribution in [-0.4, -0.2) is 31.3 Å². The van der Waals surface area contributed by atoms with Crippen LogP contribution in [0.25, 0.3) is 0 Å². The first-order valence-electron chi connectivity index (χ1n) is 5.88. The number of anilines is 1. The molecular weight excluding hydrogens is 236 g/mol. The van der Waals surface area contributed by atoms with E-state index in [1.807, 2.05) is 30.1 Å². The van der Waals surface area contributed by atoms with Gasteiger partial charge in [0.2, 0.25) is 0 Å². The second-order valence-corrected chi connectivity index (χ2v) is 4.89. The van der Waals surface area contributed by atoms with Crippen molar-refractivity contribution >= 4 is 17.3 Å². The fraction of sp³-hybridized carbons (Fsp3) is 0.538. The second kappa shape index (κ2) is 6.84. The highest BCUT2D eigenvalue weighted by Gasteiger charge is 2.08. The molecular formula is C13H21ClN2O. The fourth-order valence-corrected chi connectivity index (χ4v) is 1.85. The lowest BCUT2D eigenvalue weighted by Crippen LogP contribution is -2.26. The van der Waals surface area contributed by atoms with Gasteiger partial charge in [0.1, 0.15) is 0 Å². The summed E-state index contributed by atoms with van der Waals surface area (Å²) in [4.78, 5) is 2.04. The minimum Gasteiger partial charge on any atom is -0.395 e. The highest BCUT2D eigenvalue weighted by Crippen LogP contribution is 2.23. The molecule has 1 rings (SSSR count). The van der Waals surface area contributed by atoms with Crippen LogP contribution in [0, 0.1) is 0 Å². The Morgan fingerprint density at radius 1 is 1.41 bits per heavy atom. The predicted octanol–water partition coefficient (Wildman–Crippen LogP) is 2.27. The van der Waals surface area contributed by atoms with Crippen molar-refractivity contribution in [3.63, 3.8) is 0 Å². The summed E-state index contributed by atoms with van der Waals surface area (Å²) in [5, 5.41) is 13.1. The molecule has 96 valence electrons. The largest absolute Gasteiger partial charge is 0.395 e. The number of likely N-dealkylation sites (N-methyl/N-ethyl adjacent to an activating group) is 1. The maximum absolute atomic E-state index is 8.98. The standard InChI is InChI=1S/C13H21ClN2O/c1-10(2)15-9-11-8-12(14)4-5-13(11)16(3)6-7-17/h4-5,8,10,15,17H,6-7,9H2,1-3H3. The molecule has 0 fully saturated rings. The van der Waals surface area contributed by atoms with E-state index in [1.165, 1.54) is 0 Å². The van der Waals surface area contributed by atoms with Crippen molar-refractivity contribution in [2.24, 2.45) is 0 Å². The highest BCUT2D eigenvalue weighted by molar-refractivity contribution is 6.30. The number of hydrogen-bond acceptors (Lipinski definition) is 3. The zero-order valence-electron chi connectivity index (χ0n) is 10.7. The maximum Gasteiger partial charge on any atom is 0.0606 e. The average Bonchev–Trinajstić information content (AvgIpc) is 2.26. The molecule has 3 nitrogen and oxygen atoms in total. The van der Waals surface area contributed by atoms with E-state index >= 15 is 0 Å². The molecule has 0 heterocycles. The number of nitrogens with one attached hydrogen (secondary N) is 1. The zero-order valence-corrected chi connectivity index (χ0v) is 11.5. The minimum atomic E-state index is 0.149. The van der Waals surface area contributed by atoms with E-state index < -0.39 is 0 Å². The van der Waals surface area contributed by atoms with Crippen molar-refractivity contribution in [3.05, 3.63) is 28.8 Å². The fourth-order valence-electron chi connectivity index (χ4n) is 1.65. The van der Waals surface area contributed by atoms with Gasteiger partial charge >= 0.3 is 0 Å². The molecule has 4 heteroatoms. The number of benzene rings is 1. The molecule has 0 atom stereocenters. The smallest absolute Gasteiger partial charge is 0.0606 e. The summed E-state index contributed by atoms with van der Waals surface area (Å²) >= 11 is 6.02. The number of halogens is 1. The molecule has 0 spiro atoms. The van der Waals surface area contributed by atoms with Gasteiger partial charge in [0.05, 0.1) is 6.61 Å². The van der Waals surface area contributed by atoms with E-state index in [9.17, 15) is 0 Å². The van der Waals surface area contributed by atoms with Gasteiger partial charge in [0.25, 0.3) is 0 Å². The van der Waals surface area contributed by atoms with Crippen molar-refractivity contribution in [2.75, 3.05) is 25.1 Å². The van der Waals surface area contributed by atoms with Gasteiger partial charge in [-0.3, -0.25) is 0 Å². The lowest BCUT2D eigenvalue weighted by atomic mass is 10.1. The molecule has 0 aliphatic carbocycles. The van der Waals surface area contributed by atoms with E-state index in [4.69, 9.17) is 16.7 Å². The highest BCUT2D eigenvalue weighted by atomic mass is 35.5. The maximum atomic E-state index is 8.98. The summed E-state index contributed by atoms with van der Waals surface area (Å²) in [6.07, 6.45) is 0. The first kappa shape index (κ1) is 14.3. The third-order valence-corrected chi connectivity index (χ3v) is 2.82. The Morgan fingerprint density at radius 3 is 2.71 bits per heavy atom. The summed E-state index contributed by atoms with van der Waals surface area (Å²) in [5.41, 5.74) is 2.26. The Hall–Kier alpha value is -0.770. The predicted molar refractivity (Wildman–Crippen MR) is 73.8 cm³/mol. The van der Waals surface area contributed by atoms with Gasteiger partial charge in [-0.1, -0.05) is 25.4 Å². The summed E-state index contributed by atoms with van der Waals surface area (Å²) in [6, 6.07) is 6.28. The van der Waals surface area contributed by atoms with Crippen molar-refractivity contribution < 1.29 is 5.11 Å². The van der Waals surface area contributed by atoms with E-state index in [0.717, 1.165) is 22.8 Å². The first-order chi connectivity index (χ1) is 8.04. The van der Waals surface area contributed by atoms with E-state index in [1.54, 1.807) is 0 Å². The van der Waals surface area contributed by atoms with Crippen LogP contribution in [0.1, 0.15) is 19.4 Å². The van der Waals surface area contributed by atoms with Crippen LogP contribution < -0.4 is 10.2 Å². The molecule has 0 saturated heterocycles. The number of hydrogen-bond donors (Lipinski definition) is 2. The molecule has 0 saturated carbocycles. The molecule has 0 unspecified atom stereocenters. The SMILES string of the molecule is CC(C)NCc1cc(Cl)ccc1N(C)CCO. The molecule has 0 aliphatic heterocycles. The van der Waals surface area contributed by atoms with Gasteiger partial charge in [-0.2, -0.15) is 0 Å². The molecule has 1 aromatic rings. The number of aliphatic hydroxyl groups excluding tert-OH is 1. The Labute approximate surface area is 108 Å². The second-order valence-electron chi connectivity index (χ2n) is 4.45. The molecule has 0 radical (unpaired) electrons. The third kappa shape index (κ3) is 4.54. The van der Waals surface area contributed by atoms with E-state index in [2.05, 4.69) is 19.2 Å². The summed E-state index contributed by atoms with van der Waals surface area (Å²) < 4.78 is 0. The molecule has 0 bridgehead atoms. The molecule has 1 aromatic carbocycles. The van der Waals surface area contributed by atoms with E-state index in [-0.39, 0.29) is 6.61 Å². The quantitative estimate of drug-likeness (QED) is 0.820. The van der Waals surface area contributed by atoms with Gasteiger partial charge < -0.3 is 15.3 Å². The molecule has 17 heavy (non-hydrogen) atoms. The summed E-state index contributed by atoms with van der Waals surface area (Å²) in [6.45, 7) is 5.78. The molecule has 0 amide bonds. The number of aliphatic hydroxyl groups is 1. The van der Waals surface area contributed by atoms with Gasteiger partial charge in [-0.05, 0) is 23.8 Å². The van der Waals surface area contributed by atoms with Crippen LogP contribution in [0.4, 0.5) is 5.69 Å². The van der Waals surface area contributed by atoms with Crippen LogP contribution >= 0.6 is 11.6 Å². The van der Waals surface area contributed by atoms with Gasteiger partial charge in [-0.15, -0.1) is 0 Å². The minimum absolute atomic E-state index is 0.149. The molecule has 0 aromatic heterocycles. The normalized spacial score (nSPS) is 10.9. The zero-order chi connectivity index (χ0) is 12.8. The Morgan fingerprint density at radius 2 is 2.12 bits per heavy atom. The van der Waals surface area contributed by atoms with Crippen LogP contribution in [0.2, 0.25) is 5.02 Å².